The summed E-state index contributed by atoms with van der Waals surface area (Å²) < 4.78 is 6.03. The first kappa shape index (κ1) is 18.2. The fraction of sp³-hybridized carbons (Fsp3) is 0.200. The van der Waals surface area contributed by atoms with E-state index in [-0.39, 0.29) is 12.1 Å². The van der Waals surface area contributed by atoms with Crippen LogP contribution in [0.25, 0.3) is 0 Å². The summed E-state index contributed by atoms with van der Waals surface area (Å²) in [6.45, 7) is 0.694. The summed E-state index contributed by atoms with van der Waals surface area (Å²) in [5, 5.41) is 4.17. The molecule has 0 amide bonds. The molecular weight excluding hydrogens is 398 g/mol. The molecule has 1 N–H and O–H groups in total. The lowest BCUT2D eigenvalue weighted by Gasteiger charge is -2.27. The molecule has 3 heterocycles. The summed E-state index contributed by atoms with van der Waals surface area (Å²) in [7, 11) is 1.67. The second-order valence-electron chi connectivity index (χ2n) is 6.24. The smallest absolute Gasteiger partial charge is 0.170 e. The number of rotatable bonds is 5. The summed E-state index contributed by atoms with van der Waals surface area (Å²) in [6, 6.07) is 18.0. The molecule has 1 saturated heterocycles. The van der Waals surface area contributed by atoms with Gasteiger partial charge in [-0.25, -0.2) is 0 Å². The molecule has 1 fully saturated rings. The SMILES string of the molecule is COc1ccc(CN2C(=S)N[C@@H](c3ccccn3)[C@@H]2c2ccc(Cl)s2)cc1. The number of nitrogens with one attached hydrogen (secondary N) is 1. The Morgan fingerprint density at radius 2 is 2.00 bits per heavy atom. The average molecular weight is 416 g/mol. The van der Waals surface area contributed by atoms with Gasteiger partial charge < -0.3 is 15.0 Å². The van der Waals surface area contributed by atoms with Crippen LogP contribution in [0.15, 0.2) is 60.8 Å². The van der Waals surface area contributed by atoms with Crippen molar-refractivity contribution in [2.24, 2.45) is 0 Å². The van der Waals surface area contributed by atoms with E-state index < -0.39 is 0 Å². The molecule has 27 heavy (non-hydrogen) atoms. The van der Waals surface area contributed by atoms with Crippen LogP contribution in [0.4, 0.5) is 0 Å². The van der Waals surface area contributed by atoms with Crippen molar-refractivity contribution < 1.29 is 4.74 Å². The van der Waals surface area contributed by atoms with Gasteiger partial charge in [0.15, 0.2) is 5.11 Å². The Hall–Kier alpha value is -2.15. The van der Waals surface area contributed by atoms with Crippen LogP contribution in [-0.2, 0) is 6.54 Å². The van der Waals surface area contributed by atoms with Crippen molar-refractivity contribution in [2.45, 2.75) is 18.6 Å². The number of benzene rings is 1. The maximum atomic E-state index is 6.23. The van der Waals surface area contributed by atoms with Gasteiger partial charge in [0.25, 0.3) is 0 Å². The van der Waals surface area contributed by atoms with Crippen molar-refractivity contribution in [2.75, 3.05) is 7.11 Å². The third kappa shape index (κ3) is 3.78. The van der Waals surface area contributed by atoms with Crippen molar-refractivity contribution >= 4 is 40.3 Å². The Morgan fingerprint density at radius 3 is 2.63 bits per heavy atom. The van der Waals surface area contributed by atoms with Crippen molar-refractivity contribution in [3.63, 3.8) is 0 Å². The van der Waals surface area contributed by atoms with Crippen LogP contribution < -0.4 is 10.1 Å². The van der Waals surface area contributed by atoms with E-state index in [0.717, 1.165) is 31.3 Å². The number of thiocarbonyl (C=S) groups is 1. The lowest BCUT2D eigenvalue weighted by molar-refractivity contribution is 0.315. The molecule has 0 bridgehead atoms. The van der Waals surface area contributed by atoms with E-state index in [9.17, 15) is 0 Å². The molecule has 1 aliphatic rings. The van der Waals surface area contributed by atoms with Crippen LogP contribution in [0.3, 0.4) is 0 Å². The molecule has 0 spiro atoms. The van der Waals surface area contributed by atoms with Gasteiger partial charge in [0, 0.05) is 17.6 Å². The molecule has 3 aromatic rings. The van der Waals surface area contributed by atoms with Crippen LogP contribution >= 0.6 is 35.2 Å². The van der Waals surface area contributed by atoms with E-state index in [1.807, 2.05) is 42.6 Å². The van der Waals surface area contributed by atoms with E-state index in [1.165, 1.54) is 0 Å². The molecule has 0 radical (unpaired) electrons. The maximum Gasteiger partial charge on any atom is 0.170 e. The van der Waals surface area contributed by atoms with Crippen molar-refractivity contribution in [1.29, 1.82) is 0 Å². The van der Waals surface area contributed by atoms with Gasteiger partial charge >= 0.3 is 0 Å². The fourth-order valence-electron chi connectivity index (χ4n) is 3.30. The second kappa shape index (κ2) is 7.84. The van der Waals surface area contributed by atoms with Crippen LogP contribution in [0.5, 0.6) is 5.75 Å². The van der Waals surface area contributed by atoms with Gasteiger partial charge in [-0.15, -0.1) is 11.3 Å². The summed E-state index contributed by atoms with van der Waals surface area (Å²) >= 11 is 13.5. The van der Waals surface area contributed by atoms with Crippen molar-refractivity contribution in [1.82, 2.24) is 15.2 Å². The first-order valence-electron chi connectivity index (χ1n) is 8.52. The number of halogens is 1. The van der Waals surface area contributed by atoms with Crippen molar-refractivity contribution in [3.8, 4) is 5.75 Å². The molecule has 2 atom stereocenters. The Bertz CT molecular complexity index is 930. The number of hydrogen-bond acceptors (Lipinski definition) is 4. The number of thiophene rings is 1. The summed E-state index contributed by atoms with van der Waals surface area (Å²) in [5.41, 5.74) is 2.13. The molecule has 7 heteroatoms. The third-order valence-electron chi connectivity index (χ3n) is 4.60. The van der Waals surface area contributed by atoms with Crippen LogP contribution in [-0.4, -0.2) is 22.1 Å². The van der Waals surface area contributed by atoms with Gasteiger partial charge in [0.05, 0.1) is 29.2 Å². The topological polar surface area (TPSA) is 37.4 Å². The molecule has 1 aliphatic heterocycles. The number of aromatic nitrogens is 1. The van der Waals surface area contributed by atoms with E-state index >= 15 is 0 Å². The first-order chi connectivity index (χ1) is 13.2. The molecule has 4 nitrogen and oxygen atoms in total. The Labute approximate surface area is 172 Å². The highest BCUT2D eigenvalue weighted by Crippen LogP contribution is 2.42. The predicted octanol–water partition coefficient (Wildman–Crippen LogP) is 4.98. The quantitative estimate of drug-likeness (QED) is 0.595. The number of methoxy groups -OCH3 is 1. The summed E-state index contributed by atoms with van der Waals surface area (Å²) in [4.78, 5) is 7.92. The molecule has 138 valence electrons. The largest absolute Gasteiger partial charge is 0.497 e. The molecular formula is C20H18ClN3OS2. The lowest BCUT2D eigenvalue weighted by Crippen LogP contribution is -2.28. The normalized spacial score (nSPS) is 19.2. The molecule has 4 rings (SSSR count). The highest BCUT2D eigenvalue weighted by molar-refractivity contribution is 7.80. The van der Waals surface area contributed by atoms with Gasteiger partial charge in [-0.3, -0.25) is 4.98 Å². The molecule has 0 aliphatic carbocycles. The Balaban J connectivity index is 1.68. The van der Waals surface area contributed by atoms with Gasteiger partial charge in [-0.05, 0) is 54.2 Å². The van der Waals surface area contributed by atoms with Crippen LogP contribution in [0.2, 0.25) is 4.34 Å². The van der Waals surface area contributed by atoms with Gasteiger partial charge in [0.2, 0.25) is 0 Å². The zero-order valence-corrected chi connectivity index (χ0v) is 17.0. The average Bonchev–Trinajstić information content (AvgIpc) is 3.26. The van der Waals surface area contributed by atoms with E-state index in [0.29, 0.717) is 6.54 Å². The van der Waals surface area contributed by atoms with Crippen LogP contribution in [0.1, 0.15) is 28.2 Å². The number of hydrogen-bond donors (Lipinski definition) is 1. The minimum Gasteiger partial charge on any atom is -0.497 e. The Kier molecular flexibility index (Phi) is 5.29. The van der Waals surface area contributed by atoms with Gasteiger partial charge in [-0.1, -0.05) is 29.8 Å². The first-order valence-corrected chi connectivity index (χ1v) is 10.1. The minimum absolute atomic E-state index is 0.0216. The third-order valence-corrected chi connectivity index (χ3v) is 6.25. The monoisotopic (exact) mass is 415 g/mol. The number of nitrogens with zero attached hydrogens (tertiary/aromatic N) is 2. The highest BCUT2D eigenvalue weighted by atomic mass is 35.5. The zero-order chi connectivity index (χ0) is 18.8. The molecule has 1 aromatic carbocycles. The number of ether oxygens (including phenoxy) is 1. The van der Waals surface area contributed by atoms with E-state index in [4.69, 9.17) is 28.6 Å². The number of pyridine rings is 1. The second-order valence-corrected chi connectivity index (χ2v) is 8.38. The summed E-state index contributed by atoms with van der Waals surface area (Å²) in [6.07, 6.45) is 1.81. The molecule has 2 aromatic heterocycles. The fourth-order valence-corrected chi connectivity index (χ4v) is 4.82. The highest BCUT2D eigenvalue weighted by Gasteiger charge is 2.40. The zero-order valence-electron chi connectivity index (χ0n) is 14.6. The van der Waals surface area contributed by atoms with Crippen LogP contribution in [0, 0.1) is 0 Å². The van der Waals surface area contributed by atoms with E-state index in [2.05, 4.69) is 33.4 Å². The Morgan fingerprint density at radius 1 is 1.19 bits per heavy atom. The van der Waals surface area contributed by atoms with Gasteiger partial charge in [-0.2, -0.15) is 0 Å². The molecule has 0 unspecified atom stereocenters. The predicted molar refractivity (Wildman–Crippen MR) is 113 cm³/mol. The van der Waals surface area contributed by atoms with Crippen molar-refractivity contribution in [3.05, 3.63) is 81.3 Å². The maximum absolute atomic E-state index is 6.23. The van der Waals surface area contributed by atoms with E-state index in [1.54, 1.807) is 18.4 Å². The van der Waals surface area contributed by atoms with Gasteiger partial charge in [0.1, 0.15) is 5.75 Å². The molecule has 0 saturated carbocycles. The standard InChI is InChI=1S/C20H18ClN3OS2/c1-25-14-7-5-13(6-8-14)12-24-19(16-9-10-17(21)27-16)18(23-20(24)26)15-4-2-3-11-22-15/h2-11,18-19H,12H2,1H3,(H,23,26)/t18-,19-/m0/s1. The lowest BCUT2D eigenvalue weighted by atomic mass is 10.0. The summed E-state index contributed by atoms with van der Waals surface area (Å²) in [5.74, 6) is 0.842. The minimum atomic E-state index is -0.0216.